The molecule has 0 amide bonds. The highest BCUT2D eigenvalue weighted by atomic mass is 19.1. The van der Waals surface area contributed by atoms with E-state index in [4.69, 9.17) is 0 Å². The Morgan fingerprint density at radius 1 is 1.20 bits per heavy atom. The van der Waals surface area contributed by atoms with Crippen molar-refractivity contribution in [1.29, 1.82) is 0 Å². The molecule has 1 N–H and O–H groups in total. The number of unbranched alkanes of at least 4 members (excludes halogenated alkanes) is 1. The maximum atomic E-state index is 14.2. The van der Waals surface area contributed by atoms with Crippen molar-refractivity contribution >= 4 is 5.69 Å². The summed E-state index contributed by atoms with van der Waals surface area (Å²) < 4.78 is 14.2. The van der Waals surface area contributed by atoms with Crippen LogP contribution >= 0.6 is 0 Å². The first kappa shape index (κ1) is 17.0. The molecule has 0 heterocycles. The molecule has 114 valence electrons. The third-order valence-electron chi connectivity index (χ3n) is 3.39. The summed E-state index contributed by atoms with van der Waals surface area (Å²) in [6.07, 6.45) is 2.29. The van der Waals surface area contributed by atoms with Crippen LogP contribution in [0.15, 0.2) is 18.2 Å². The van der Waals surface area contributed by atoms with Crippen molar-refractivity contribution in [2.24, 2.45) is 0 Å². The van der Waals surface area contributed by atoms with Gasteiger partial charge in [0, 0.05) is 36.4 Å². The lowest BCUT2D eigenvalue weighted by Gasteiger charge is -2.28. The van der Waals surface area contributed by atoms with E-state index in [0.717, 1.165) is 37.2 Å². The molecule has 1 aromatic rings. The van der Waals surface area contributed by atoms with Gasteiger partial charge in [-0.15, -0.1) is 0 Å². The van der Waals surface area contributed by atoms with E-state index in [2.05, 4.69) is 44.8 Å². The van der Waals surface area contributed by atoms with Gasteiger partial charge in [0.15, 0.2) is 0 Å². The van der Waals surface area contributed by atoms with E-state index in [-0.39, 0.29) is 11.4 Å². The Hall–Kier alpha value is -1.09. The molecule has 0 radical (unpaired) electrons. The summed E-state index contributed by atoms with van der Waals surface area (Å²) in [6.45, 7) is 13.1. The summed E-state index contributed by atoms with van der Waals surface area (Å²) in [7, 11) is 0. The van der Waals surface area contributed by atoms with Crippen molar-refractivity contribution in [3.05, 3.63) is 29.6 Å². The molecule has 0 bridgehead atoms. The Kier molecular flexibility index (Phi) is 6.47. The lowest BCUT2D eigenvalue weighted by atomic mass is 10.1. The molecule has 0 fully saturated rings. The number of halogens is 1. The van der Waals surface area contributed by atoms with Crippen LogP contribution in [0.5, 0.6) is 0 Å². The molecule has 3 heteroatoms. The lowest BCUT2D eigenvalue weighted by Crippen LogP contribution is -2.36. The average Bonchev–Trinajstić information content (AvgIpc) is 2.37. The van der Waals surface area contributed by atoms with Crippen LogP contribution in [0.1, 0.15) is 53.0 Å². The van der Waals surface area contributed by atoms with Gasteiger partial charge in [-0.3, -0.25) is 0 Å². The van der Waals surface area contributed by atoms with Crippen molar-refractivity contribution in [2.75, 3.05) is 18.0 Å². The molecule has 2 nitrogen and oxygen atoms in total. The van der Waals surface area contributed by atoms with Crippen molar-refractivity contribution in [3.63, 3.8) is 0 Å². The fourth-order valence-electron chi connectivity index (χ4n) is 2.17. The smallest absolute Gasteiger partial charge is 0.129 e. The van der Waals surface area contributed by atoms with Crippen LogP contribution in [0, 0.1) is 5.82 Å². The second-order valence-corrected chi connectivity index (χ2v) is 6.27. The highest BCUT2D eigenvalue weighted by Gasteiger charge is 2.16. The minimum absolute atomic E-state index is 0.0139. The largest absolute Gasteiger partial charge is 0.371 e. The number of benzene rings is 1. The molecule has 1 rings (SSSR count). The van der Waals surface area contributed by atoms with Gasteiger partial charge in [-0.2, -0.15) is 0 Å². The Labute approximate surface area is 123 Å². The fraction of sp³-hybridized carbons (Fsp3) is 0.647. The number of nitrogens with zero attached hydrogens (tertiary/aromatic N) is 1. The minimum Gasteiger partial charge on any atom is -0.371 e. The summed E-state index contributed by atoms with van der Waals surface area (Å²) in [5.41, 5.74) is 1.79. The topological polar surface area (TPSA) is 15.3 Å². The van der Waals surface area contributed by atoms with Gasteiger partial charge in [0.25, 0.3) is 0 Å². The van der Waals surface area contributed by atoms with Crippen LogP contribution in [0.4, 0.5) is 10.1 Å². The molecule has 0 saturated carbocycles. The third-order valence-corrected chi connectivity index (χ3v) is 3.39. The van der Waals surface area contributed by atoms with E-state index in [1.807, 2.05) is 6.07 Å². The maximum absolute atomic E-state index is 14.2. The van der Waals surface area contributed by atoms with Gasteiger partial charge in [0.2, 0.25) is 0 Å². The summed E-state index contributed by atoms with van der Waals surface area (Å²) in [6, 6.07) is 5.39. The van der Waals surface area contributed by atoms with Gasteiger partial charge < -0.3 is 10.2 Å². The van der Waals surface area contributed by atoms with Gasteiger partial charge >= 0.3 is 0 Å². The summed E-state index contributed by atoms with van der Waals surface area (Å²) in [4.78, 5) is 2.27. The predicted octanol–water partition coefficient (Wildman–Crippen LogP) is 4.34. The Morgan fingerprint density at radius 2 is 1.90 bits per heavy atom. The van der Waals surface area contributed by atoms with Crippen LogP contribution in [0.2, 0.25) is 0 Å². The standard InChI is InChI=1S/C17H29FN2/c1-6-8-12-20(7-2)16-11-9-10-15(18)14(16)13-19-17(3,4)5/h9-11,19H,6-8,12-13H2,1-5H3. The highest BCUT2D eigenvalue weighted by Crippen LogP contribution is 2.24. The van der Waals surface area contributed by atoms with Gasteiger partial charge in [0.05, 0.1) is 0 Å². The zero-order valence-corrected chi connectivity index (χ0v) is 13.6. The van der Waals surface area contributed by atoms with Crippen molar-refractivity contribution in [2.45, 2.75) is 59.5 Å². The summed E-state index contributed by atoms with van der Waals surface area (Å²) in [5, 5.41) is 3.39. The zero-order valence-electron chi connectivity index (χ0n) is 13.6. The Bertz CT molecular complexity index is 410. The van der Waals surface area contributed by atoms with Crippen molar-refractivity contribution in [1.82, 2.24) is 5.32 Å². The van der Waals surface area contributed by atoms with Crippen LogP contribution in [-0.2, 0) is 6.54 Å². The number of anilines is 1. The Morgan fingerprint density at radius 3 is 2.45 bits per heavy atom. The normalized spacial score (nSPS) is 11.7. The van der Waals surface area contributed by atoms with Crippen LogP contribution < -0.4 is 10.2 Å². The van der Waals surface area contributed by atoms with Gasteiger partial charge in [0.1, 0.15) is 5.82 Å². The van der Waals surface area contributed by atoms with Crippen LogP contribution in [0.3, 0.4) is 0 Å². The van der Waals surface area contributed by atoms with E-state index in [1.165, 1.54) is 0 Å². The van der Waals surface area contributed by atoms with Crippen molar-refractivity contribution in [3.8, 4) is 0 Å². The molecule has 0 unspecified atom stereocenters. The van der Waals surface area contributed by atoms with Gasteiger partial charge in [-0.1, -0.05) is 19.4 Å². The molecular formula is C17H29FN2. The SMILES string of the molecule is CCCCN(CC)c1cccc(F)c1CNC(C)(C)C. The van der Waals surface area contributed by atoms with Gasteiger partial charge in [-0.25, -0.2) is 4.39 Å². The molecule has 0 saturated heterocycles. The van der Waals surface area contributed by atoms with Crippen LogP contribution in [0.25, 0.3) is 0 Å². The summed E-state index contributed by atoms with van der Waals surface area (Å²) in [5.74, 6) is -0.116. The van der Waals surface area contributed by atoms with E-state index < -0.39 is 0 Å². The first-order chi connectivity index (χ1) is 9.39. The Balaban J connectivity index is 2.96. The molecule has 0 aromatic heterocycles. The maximum Gasteiger partial charge on any atom is 0.129 e. The van der Waals surface area contributed by atoms with E-state index in [0.29, 0.717) is 6.54 Å². The molecule has 0 aliphatic carbocycles. The quantitative estimate of drug-likeness (QED) is 0.799. The fourth-order valence-corrected chi connectivity index (χ4v) is 2.17. The molecule has 0 aliphatic heterocycles. The van der Waals surface area contributed by atoms with E-state index >= 15 is 0 Å². The second-order valence-electron chi connectivity index (χ2n) is 6.27. The number of nitrogens with one attached hydrogen (secondary N) is 1. The molecule has 20 heavy (non-hydrogen) atoms. The lowest BCUT2D eigenvalue weighted by molar-refractivity contribution is 0.418. The number of hydrogen-bond acceptors (Lipinski definition) is 2. The number of rotatable bonds is 7. The first-order valence-electron chi connectivity index (χ1n) is 7.66. The zero-order chi connectivity index (χ0) is 15.2. The molecule has 1 aromatic carbocycles. The predicted molar refractivity (Wildman–Crippen MR) is 85.8 cm³/mol. The molecular weight excluding hydrogens is 251 g/mol. The first-order valence-corrected chi connectivity index (χ1v) is 7.66. The average molecular weight is 280 g/mol. The highest BCUT2D eigenvalue weighted by molar-refractivity contribution is 5.54. The molecule has 0 spiro atoms. The summed E-state index contributed by atoms with van der Waals surface area (Å²) >= 11 is 0. The van der Waals surface area contributed by atoms with E-state index in [1.54, 1.807) is 12.1 Å². The monoisotopic (exact) mass is 280 g/mol. The molecule has 0 atom stereocenters. The van der Waals surface area contributed by atoms with Crippen molar-refractivity contribution < 1.29 is 4.39 Å². The number of hydrogen-bond donors (Lipinski definition) is 1. The molecule has 0 aliphatic rings. The van der Waals surface area contributed by atoms with Gasteiger partial charge in [-0.05, 0) is 46.2 Å². The minimum atomic E-state index is -0.116. The third kappa shape index (κ3) is 5.12. The van der Waals surface area contributed by atoms with Crippen LogP contribution in [-0.4, -0.2) is 18.6 Å². The van der Waals surface area contributed by atoms with E-state index in [9.17, 15) is 4.39 Å². The second kappa shape index (κ2) is 7.63.